The minimum atomic E-state index is -1.73. The van der Waals surface area contributed by atoms with E-state index in [0.717, 1.165) is 0 Å². The predicted octanol–water partition coefficient (Wildman–Crippen LogP) is 1.25. The Hall–Kier alpha value is -0.730. The van der Waals surface area contributed by atoms with E-state index >= 15 is 0 Å². The molecule has 0 bridgehead atoms. The summed E-state index contributed by atoms with van der Waals surface area (Å²) in [5, 5.41) is 0. The van der Waals surface area contributed by atoms with Gasteiger partial charge in [0.1, 0.15) is 12.9 Å². The van der Waals surface area contributed by atoms with E-state index < -0.39 is 8.60 Å². The summed E-state index contributed by atoms with van der Waals surface area (Å²) >= 11 is 0. The summed E-state index contributed by atoms with van der Waals surface area (Å²) in [6.07, 6.45) is 2.62. The Bertz CT molecular complexity index is 156. The third-order valence-electron chi connectivity index (χ3n) is 0.813. The highest BCUT2D eigenvalue weighted by molar-refractivity contribution is 7.41. The molecule has 1 N–H and O–H groups in total. The first-order chi connectivity index (χ1) is 4.83. The molecule has 0 spiro atoms. The van der Waals surface area contributed by atoms with Crippen molar-refractivity contribution in [3.05, 3.63) is 24.9 Å². The molecule has 0 aromatic rings. The summed E-state index contributed by atoms with van der Waals surface area (Å²) in [5.74, 6) is 0.480. The summed E-state index contributed by atoms with van der Waals surface area (Å²) in [7, 11) is -1.73. The molecular formula is C5H7O4P. The number of ether oxygens (including phenoxy) is 1. The molecule has 1 rings (SSSR count). The molecular weight excluding hydrogens is 155 g/mol. The van der Waals surface area contributed by atoms with Gasteiger partial charge >= 0.3 is 8.60 Å². The van der Waals surface area contributed by atoms with Crippen LogP contribution in [0.3, 0.4) is 0 Å². The second-order valence-corrected chi connectivity index (χ2v) is 2.37. The van der Waals surface area contributed by atoms with Crippen LogP contribution in [0.1, 0.15) is 0 Å². The fourth-order valence-electron chi connectivity index (χ4n) is 0.449. The molecule has 0 saturated carbocycles. The van der Waals surface area contributed by atoms with Gasteiger partial charge in [-0.25, -0.2) is 0 Å². The molecule has 1 heterocycles. The van der Waals surface area contributed by atoms with Gasteiger partial charge in [0.05, 0.1) is 6.26 Å². The minimum absolute atomic E-state index is 0.253. The Morgan fingerprint density at radius 1 is 1.90 bits per heavy atom. The van der Waals surface area contributed by atoms with Crippen LogP contribution in [0.15, 0.2) is 24.9 Å². The van der Waals surface area contributed by atoms with E-state index in [4.69, 9.17) is 14.2 Å². The molecule has 0 saturated heterocycles. The fraction of sp³-hybridized carbons (Fsp3) is 0.200. The zero-order chi connectivity index (χ0) is 7.40. The van der Waals surface area contributed by atoms with Crippen LogP contribution < -0.4 is 0 Å². The Kier molecular flexibility index (Phi) is 2.54. The normalized spacial score (nSPS) is 22.5. The van der Waals surface area contributed by atoms with Gasteiger partial charge in [0, 0.05) is 0 Å². The molecule has 0 aromatic carbocycles. The van der Waals surface area contributed by atoms with Crippen molar-refractivity contribution in [2.24, 2.45) is 0 Å². The van der Waals surface area contributed by atoms with Crippen molar-refractivity contribution in [1.82, 2.24) is 0 Å². The van der Waals surface area contributed by atoms with Crippen molar-refractivity contribution in [3.63, 3.8) is 0 Å². The van der Waals surface area contributed by atoms with Crippen LogP contribution >= 0.6 is 8.60 Å². The first-order valence-electron chi connectivity index (χ1n) is 2.58. The Morgan fingerprint density at radius 2 is 2.70 bits per heavy atom. The lowest BCUT2D eigenvalue weighted by atomic mass is 10.6. The van der Waals surface area contributed by atoms with E-state index in [0.29, 0.717) is 5.76 Å². The third-order valence-corrected chi connectivity index (χ3v) is 1.49. The van der Waals surface area contributed by atoms with Gasteiger partial charge in [-0.3, -0.25) is 0 Å². The van der Waals surface area contributed by atoms with Gasteiger partial charge < -0.3 is 18.7 Å². The molecule has 0 aliphatic carbocycles. The lowest BCUT2D eigenvalue weighted by molar-refractivity contribution is 0.234. The summed E-state index contributed by atoms with van der Waals surface area (Å²) in [5.41, 5.74) is 0. The van der Waals surface area contributed by atoms with E-state index in [-0.39, 0.29) is 6.61 Å². The maximum absolute atomic E-state index is 8.69. The number of rotatable bonds is 3. The van der Waals surface area contributed by atoms with E-state index in [1.807, 2.05) is 0 Å². The molecule has 0 aromatic heterocycles. The van der Waals surface area contributed by atoms with E-state index in [1.165, 1.54) is 12.5 Å². The Labute approximate surface area is 59.7 Å². The standard InChI is InChI=1S/C5H7O4P/c1-2-7-3-5-4-8-10(6)9-5/h2,4,6H,1,3H2. The van der Waals surface area contributed by atoms with E-state index in [2.05, 4.69) is 11.1 Å². The summed E-state index contributed by atoms with van der Waals surface area (Å²) in [6, 6.07) is 0. The minimum Gasteiger partial charge on any atom is -0.494 e. The first-order valence-corrected chi connectivity index (χ1v) is 3.71. The quantitative estimate of drug-likeness (QED) is 0.501. The van der Waals surface area contributed by atoms with Gasteiger partial charge in [0.2, 0.25) is 0 Å². The van der Waals surface area contributed by atoms with Gasteiger partial charge in [-0.05, 0) is 0 Å². The van der Waals surface area contributed by atoms with Crippen molar-refractivity contribution in [3.8, 4) is 0 Å². The third kappa shape index (κ3) is 1.90. The van der Waals surface area contributed by atoms with Crippen molar-refractivity contribution in [2.45, 2.75) is 0 Å². The van der Waals surface area contributed by atoms with Crippen molar-refractivity contribution in [1.29, 1.82) is 0 Å². The fourth-order valence-corrected chi connectivity index (χ4v) is 0.996. The molecule has 0 radical (unpaired) electrons. The average Bonchev–Trinajstić information content (AvgIpc) is 2.31. The molecule has 1 unspecified atom stereocenters. The summed E-state index contributed by atoms with van der Waals surface area (Å²) < 4.78 is 14.1. The average molecular weight is 162 g/mol. The van der Waals surface area contributed by atoms with Crippen LogP contribution in [0.2, 0.25) is 0 Å². The molecule has 1 aliphatic rings. The smallest absolute Gasteiger partial charge is 0.459 e. The second kappa shape index (κ2) is 3.44. The molecule has 0 fully saturated rings. The number of hydrogen-bond donors (Lipinski definition) is 1. The molecule has 10 heavy (non-hydrogen) atoms. The topological polar surface area (TPSA) is 47.9 Å². The van der Waals surface area contributed by atoms with E-state index in [9.17, 15) is 0 Å². The van der Waals surface area contributed by atoms with Gasteiger partial charge in [-0.15, -0.1) is 0 Å². The highest BCUT2D eigenvalue weighted by Crippen LogP contribution is 2.41. The highest BCUT2D eigenvalue weighted by Gasteiger charge is 2.18. The van der Waals surface area contributed by atoms with Gasteiger partial charge in [0.25, 0.3) is 0 Å². The van der Waals surface area contributed by atoms with Gasteiger partial charge in [-0.1, -0.05) is 6.58 Å². The largest absolute Gasteiger partial charge is 0.494 e. The monoisotopic (exact) mass is 162 g/mol. The maximum atomic E-state index is 8.69. The lowest BCUT2D eigenvalue weighted by Gasteiger charge is -2.00. The zero-order valence-corrected chi connectivity index (χ0v) is 6.08. The molecule has 0 amide bonds. The molecule has 4 nitrogen and oxygen atoms in total. The number of hydrogen-bond acceptors (Lipinski definition) is 4. The summed E-state index contributed by atoms with van der Waals surface area (Å²) in [4.78, 5) is 8.69. The highest BCUT2D eigenvalue weighted by atomic mass is 31.2. The Balaban J connectivity index is 2.23. The van der Waals surface area contributed by atoms with Crippen LogP contribution in [0, 0.1) is 0 Å². The molecule has 56 valence electrons. The molecule has 1 aliphatic heterocycles. The maximum Gasteiger partial charge on any atom is 0.459 e. The molecule has 5 heteroatoms. The van der Waals surface area contributed by atoms with Crippen LogP contribution in [0.5, 0.6) is 0 Å². The van der Waals surface area contributed by atoms with Crippen LogP contribution in [-0.2, 0) is 13.8 Å². The van der Waals surface area contributed by atoms with Crippen LogP contribution in [0.25, 0.3) is 0 Å². The SMILES string of the molecule is C=COCC1=COP(O)O1. The summed E-state index contributed by atoms with van der Waals surface area (Å²) in [6.45, 7) is 3.59. The first kappa shape index (κ1) is 7.38. The molecule has 1 atom stereocenters. The van der Waals surface area contributed by atoms with Crippen molar-refractivity contribution in [2.75, 3.05) is 6.61 Å². The zero-order valence-electron chi connectivity index (χ0n) is 5.19. The lowest BCUT2D eigenvalue weighted by Crippen LogP contribution is -1.90. The second-order valence-electron chi connectivity index (χ2n) is 1.50. The van der Waals surface area contributed by atoms with Crippen LogP contribution in [0.4, 0.5) is 0 Å². The van der Waals surface area contributed by atoms with E-state index in [1.54, 1.807) is 0 Å². The van der Waals surface area contributed by atoms with Crippen molar-refractivity contribution >= 4 is 8.60 Å². The van der Waals surface area contributed by atoms with Crippen LogP contribution in [-0.4, -0.2) is 11.5 Å². The van der Waals surface area contributed by atoms with Gasteiger partial charge in [0.15, 0.2) is 5.76 Å². The Morgan fingerprint density at radius 3 is 3.20 bits per heavy atom. The van der Waals surface area contributed by atoms with Crippen molar-refractivity contribution < 1.29 is 18.7 Å². The van der Waals surface area contributed by atoms with Gasteiger partial charge in [-0.2, -0.15) is 0 Å². The predicted molar refractivity (Wildman–Crippen MR) is 35.5 cm³/mol.